The summed E-state index contributed by atoms with van der Waals surface area (Å²) in [5.74, 6) is 1.45. The van der Waals surface area contributed by atoms with Gasteiger partial charge in [-0.3, -0.25) is 0 Å². The fraction of sp³-hybridized carbons (Fsp3) is 0.462. The maximum absolute atomic E-state index is 5.86. The van der Waals surface area contributed by atoms with Crippen molar-refractivity contribution in [1.29, 1.82) is 0 Å². The Kier molecular flexibility index (Phi) is 2.96. The molecule has 1 saturated heterocycles. The molecular formula is C13H16N2O2. The molecule has 1 fully saturated rings. The number of nitrogens with zero attached hydrogens (tertiary/aromatic N) is 1. The van der Waals surface area contributed by atoms with Crippen LogP contribution in [-0.2, 0) is 0 Å². The van der Waals surface area contributed by atoms with Crippen LogP contribution >= 0.6 is 0 Å². The van der Waals surface area contributed by atoms with Crippen molar-refractivity contribution < 1.29 is 9.15 Å². The van der Waals surface area contributed by atoms with Gasteiger partial charge in [-0.2, -0.15) is 0 Å². The molecule has 4 nitrogen and oxygen atoms in total. The molecule has 1 aliphatic rings. The van der Waals surface area contributed by atoms with Crippen LogP contribution in [0.1, 0.15) is 12.8 Å². The molecule has 0 bridgehead atoms. The molecule has 17 heavy (non-hydrogen) atoms. The van der Waals surface area contributed by atoms with Gasteiger partial charge in [0.05, 0.1) is 6.61 Å². The summed E-state index contributed by atoms with van der Waals surface area (Å²) >= 11 is 0. The number of oxazole rings is 1. The zero-order valence-electron chi connectivity index (χ0n) is 9.69. The van der Waals surface area contributed by atoms with E-state index in [4.69, 9.17) is 9.15 Å². The number of aromatic nitrogens is 1. The molecular weight excluding hydrogens is 216 g/mol. The lowest BCUT2D eigenvalue weighted by atomic mass is 9.99. The van der Waals surface area contributed by atoms with Gasteiger partial charge in [-0.05, 0) is 44.0 Å². The van der Waals surface area contributed by atoms with Crippen LogP contribution in [0.3, 0.4) is 0 Å². The van der Waals surface area contributed by atoms with Gasteiger partial charge in [0.2, 0.25) is 0 Å². The molecule has 1 aromatic carbocycles. The zero-order chi connectivity index (χ0) is 11.5. The number of benzene rings is 1. The molecule has 0 spiro atoms. The Hall–Kier alpha value is -1.55. The quantitative estimate of drug-likeness (QED) is 0.881. The van der Waals surface area contributed by atoms with Crippen LogP contribution in [0.25, 0.3) is 11.1 Å². The minimum atomic E-state index is 0.648. The molecule has 2 heterocycles. The number of para-hydroxylation sites is 1. The maximum Gasteiger partial charge on any atom is 0.196 e. The average molecular weight is 232 g/mol. The van der Waals surface area contributed by atoms with E-state index in [1.165, 1.54) is 19.2 Å². The van der Waals surface area contributed by atoms with Crippen LogP contribution in [0.15, 0.2) is 29.0 Å². The van der Waals surface area contributed by atoms with Crippen LogP contribution in [0.4, 0.5) is 0 Å². The molecule has 90 valence electrons. The smallest absolute Gasteiger partial charge is 0.196 e. The van der Waals surface area contributed by atoms with E-state index in [9.17, 15) is 0 Å². The minimum absolute atomic E-state index is 0.648. The van der Waals surface area contributed by atoms with Gasteiger partial charge >= 0.3 is 0 Å². The number of fused-ring (bicyclic) bond motifs is 1. The highest BCUT2D eigenvalue weighted by atomic mass is 16.5. The third-order valence-corrected chi connectivity index (χ3v) is 3.25. The number of nitrogens with one attached hydrogen (secondary N) is 1. The first-order valence-corrected chi connectivity index (χ1v) is 6.09. The molecule has 0 unspecified atom stereocenters. The van der Waals surface area contributed by atoms with Gasteiger partial charge in [0.15, 0.2) is 17.7 Å². The van der Waals surface area contributed by atoms with Gasteiger partial charge in [-0.15, -0.1) is 0 Å². The molecule has 4 heteroatoms. The Morgan fingerprint density at radius 1 is 1.35 bits per heavy atom. The number of hydrogen-bond donors (Lipinski definition) is 1. The maximum atomic E-state index is 5.86. The molecule has 1 aromatic heterocycles. The van der Waals surface area contributed by atoms with Crippen molar-refractivity contribution in [3.05, 3.63) is 24.6 Å². The van der Waals surface area contributed by atoms with E-state index in [2.05, 4.69) is 10.3 Å². The van der Waals surface area contributed by atoms with E-state index in [1.807, 2.05) is 18.2 Å². The molecule has 1 N–H and O–H groups in total. The molecule has 3 rings (SSSR count). The summed E-state index contributed by atoms with van der Waals surface area (Å²) in [5, 5.41) is 3.35. The van der Waals surface area contributed by atoms with Crippen molar-refractivity contribution in [3.63, 3.8) is 0 Å². The standard InChI is InChI=1S/C13H16N2O2/c1-2-11-13(17-9-15-11)12(3-1)16-8-10-4-6-14-7-5-10/h1-3,9-10,14H,4-8H2. The first-order chi connectivity index (χ1) is 8.43. The van der Waals surface area contributed by atoms with E-state index in [-0.39, 0.29) is 0 Å². The highest BCUT2D eigenvalue weighted by Gasteiger charge is 2.14. The number of hydrogen-bond acceptors (Lipinski definition) is 4. The van der Waals surface area contributed by atoms with Gasteiger partial charge in [0, 0.05) is 0 Å². The normalized spacial score (nSPS) is 17.4. The molecule has 2 aromatic rings. The third-order valence-electron chi connectivity index (χ3n) is 3.25. The Balaban J connectivity index is 1.69. The van der Waals surface area contributed by atoms with Crippen molar-refractivity contribution in [3.8, 4) is 5.75 Å². The van der Waals surface area contributed by atoms with E-state index in [0.29, 0.717) is 5.92 Å². The van der Waals surface area contributed by atoms with E-state index in [0.717, 1.165) is 36.5 Å². The van der Waals surface area contributed by atoms with Crippen molar-refractivity contribution in [2.75, 3.05) is 19.7 Å². The predicted octanol–water partition coefficient (Wildman–Crippen LogP) is 2.21. The van der Waals surface area contributed by atoms with Crippen LogP contribution in [0.2, 0.25) is 0 Å². The topological polar surface area (TPSA) is 47.3 Å². The van der Waals surface area contributed by atoms with E-state index in [1.54, 1.807) is 0 Å². The Labute approximate surface area is 100.0 Å². The average Bonchev–Trinajstić information content (AvgIpc) is 2.86. The monoisotopic (exact) mass is 232 g/mol. The minimum Gasteiger partial charge on any atom is -0.489 e. The van der Waals surface area contributed by atoms with Gasteiger partial charge in [-0.1, -0.05) is 6.07 Å². The first-order valence-electron chi connectivity index (χ1n) is 6.09. The lowest BCUT2D eigenvalue weighted by Gasteiger charge is -2.22. The van der Waals surface area contributed by atoms with E-state index < -0.39 is 0 Å². The van der Waals surface area contributed by atoms with Crippen molar-refractivity contribution >= 4 is 11.1 Å². The fourth-order valence-corrected chi connectivity index (χ4v) is 2.23. The zero-order valence-corrected chi connectivity index (χ0v) is 9.69. The lowest BCUT2D eigenvalue weighted by Crippen LogP contribution is -2.30. The van der Waals surface area contributed by atoms with Gasteiger partial charge in [0.1, 0.15) is 5.52 Å². The second kappa shape index (κ2) is 4.75. The summed E-state index contributed by atoms with van der Waals surface area (Å²) in [7, 11) is 0. The number of ether oxygens (including phenoxy) is 1. The van der Waals surface area contributed by atoms with Crippen molar-refractivity contribution in [2.24, 2.45) is 5.92 Å². The highest BCUT2D eigenvalue weighted by molar-refractivity contribution is 5.78. The Bertz CT molecular complexity index is 489. The molecule has 0 radical (unpaired) electrons. The summed E-state index contributed by atoms with van der Waals surface area (Å²) in [5.41, 5.74) is 1.61. The van der Waals surface area contributed by atoms with Gasteiger partial charge < -0.3 is 14.5 Å². The van der Waals surface area contributed by atoms with Gasteiger partial charge in [-0.25, -0.2) is 4.98 Å². The SMILES string of the molecule is c1cc(OCC2CCNCC2)c2ocnc2c1. The molecule has 0 aliphatic carbocycles. The van der Waals surface area contributed by atoms with Crippen LogP contribution in [-0.4, -0.2) is 24.7 Å². The summed E-state index contributed by atoms with van der Waals surface area (Å²) in [6.07, 6.45) is 3.83. The van der Waals surface area contributed by atoms with Crippen molar-refractivity contribution in [1.82, 2.24) is 10.3 Å². The largest absolute Gasteiger partial charge is 0.489 e. The van der Waals surface area contributed by atoms with Gasteiger partial charge in [0.25, 0.3) is 0 Å². The molecule has 0 atom stereocenters. The van der Waals surface area contributed by atoms with Crippen LogP contribution in [0, 0.1) is 5.92 Å². The summed E-state index contributed by atoms with van der Waals surface area (Å²) in [6.45, 7) is 2.96. The Morgan fingerprint density at radius 2 is 2.24 bits per heavy atom. The fourth-order valence-electron chi connectivity index (χ4n) is 2.23. The molecule has 0 saturated carbocycles. The summed E-state index contributed by atoms with van der Waals surface area (Å²) < 4.78 is 11.2. The van der Waals surface area contributed by atoms with Crippen molar-refractivity contribution in [2.45, 2.75) is 12.8 Å². The lowest BCUT2D eigenvalue weighted by molar-refractivity contribution is 0.215. The number of rotatable bonds is 3. The second-order valence-electron chi connectivity index (χ2n) is 4.46. The highest BCUT2D eigenvalue weighted by Crippen LogP contribution is 2.25. The van der Waals surface area contributed by atoms with E-state index >= 15 is 0 Å². The second-order valence-corrected chi connectivity index (χ2v) is 4.46. The summed E-state index contributed by atoms with van der Waals surface area (Å²) in [4.78, 5) is 4.12. The third kappa shape index (κ3) is 2.26. The number of piperidine rings is 1. The van der Waals surface area contributed by atoms with Crippen LogP contribution in [0.5, 0.6) is 5.75 Å². The summed E-state index contributed by atoms with van der Waals surface area (Å²) in [6, 6.07) is 5.81. The van der Waals surface area contributed by atoms with Crippen LogP contribution < -0.4 is 10.1 Å². The first kappa shape index (κ1) is 10.6. The molecule has 1 aliphatic heterocycles. The predicted molar refractivity (Wildman–Crippen MR) is 65.1 cm³/mol. The Morgan fingerprint density at radius 3 is 3.12 bits per heavy atom. The molecule has 0 amide bonds.